The van der Waals surface area contributed by atoms with Gasteiger partial charge in [0.15, 0.2) is 16.6 Å². The highest BCUT2D eigenvalue weighted by Crippen LogP contribution is 2.46. The van der Waals surface area contributed by atoms with Gasteiger partial charge in [0.05, 0.1) is 11.4 Å². The van der Waals surface area contributed by atoms with Gasteiger partial charge in [-0.25, -0.2) is 0 Å². The zero-order valence-corrected chi connectivity index (χ0v) is 20.6. The fourth-order valence-electron chi connectivity index (χ4n) is 2.00. The number of rotatable bonds is 7. The van der Waals surface area contributed by atoms with Crippen molar-refractivity contribution >= 4 is 28.4 Å². The third-order valence-corrected chi connectivity index (χ3v) is 16.3. The minimum Gasteiger partial charge on any atom is -0.416 e. The van der Waals surface area contributed by atoms with Crippen molar-refractivity contribution in [3.8, 4) is 0 Å². The molecule has 0 radical (unpaired) electrons. The Hall–Kier alpha value is 0.664. The van der Waals surface area contributed by atoms with Crippen LogP contribution in [0.4, 0.5) is 0 Å². The summed E-state index contributed by atoms with van der Waals surface area (Å²) < 4.78 is 19.0. The smallest absolute Gasteiger partial charge is 0.192 e. The number of hydrogen-bond acceptors (Lipinski definition) is 4. The molecular weight excluding hydrogens is 352 g/mol. The van der Waals surface area contributed by atoms with Crippen molar-refractivity contribution in [2.45, 2.75) is 102 Å². The first-order valence-electron chi connectivity index (χ1n) is 9.21. The lowest BCUT2D eigenvalue weighted by molar-refractivity contribution is 0.0000824. The van der Waals surface area contributed by atoms with Crippen molar-refractivity contribution in [2.75, 3.05) is 13.2 Å². The lowest BCUT2D eigenvalue weighted by Crippen LogP contribution is -2.58. The molecule has 0 spiro atoms. The van der Waals surface area contributed by atoms with Gasteiger partial charge in [0.25, 0.3) is 0 Å². The Balaban J connectivity index is 2.74. The monoisotopic (exact) mass is 392 g/mol. The minimum atomic E-state index is -1.80. The summed E-state index contributed by atoms with van der Waals surface area (Å²) in [7, 11) is -3.51. The molecule has 3 atom stereocenters. The highest BCUT2D eigenvalue weighted by atomic mass is 32.2. The second kappa shape index (κ2) is 7.73. The van der Waals surface area contributed by atoms with Crippen LogP contribution in [-0.4, -0.2) is 46.6 Å². The molecule has 0 amide bonds. The molecule has 24 heavy (non-hydrogen) atoms. The van der Waals surface area contributed by atoms with Crippen molar-refractivity contribution in [3.05, 3.63) is 0 Å². The van der Waals surface area contributed by atoms with Crippen LogP contribution in [0.1, 0.15) is 48.5 Å². The summed E-state index contributed by atoms with van der Waals surface area (Å²) in [5.41, 5.74) is 0.164. The Morgan fingerprint density at radius 1 is 0.875 bits per heavy atom. The Labute approximate surface area is 156 Å². The molecule has 0 bridgehead atoms. The Bertz CT molecular complexity index is 413. The van der Waals surface area contributed by atoms with E-state index in [2.05, 4.69) is 74.7 Å². The molecule has 0 aromatic heterocycles. The second-order valence-electron chi connectivity index (χ2n) is 9.91. The van der Waals surface area contributed by atoms with E-state index < -0.39 is 16.6 Å². The summed E-state index contributed by atoms with van der Waals surface area (Å²) in [4.78, 5) is 0. The van der Waals surface area contributed by atoms with Gasteiger partial charge in [0.2, 0.25) is 0 Å². The Kier molecular flexibility index (Phi) is 7.31. The fourth-order valence-corrected chi connectivity index (χ4v) is 5.86. The van der Waals surface area contributed by atoms with Crippen molar-refractivity contribution in [1.29, 1.82) is 0 Å². The summed E-state index contributed by atoms with van der Waals surface area (Å²) in [6, 6.07) is 0. The van der Waals surface area contributed by atoms with Crippen LogP contribution in [0.15, 0.2) is 0 Å². The molecule has 1 saturated heterocycles. The van der Waals surface area contributed by atoms with E-state index in [9.17, 15) is 0 Å². The number of ether oxygens (including phenoxy) is 1. The third kappa shape index (κ3) is 5.33. The summed E-state index contributed by atoms with van der Waals surface area (Å²) in [5.74, 6) is 0. The average molecular weight is 393 g/mol. The molecule has 0 aromatic rings. The zero-order chi connectivity index (χ0) is 19.0. The topological polar surface area (TPSA) is 27.7 Å². The van der Waals surface area contributed by atoms with Crippen LogP contribution in [0.3, 0.4) is 0 Å². The van der Waals surface area contributed by atoms with E-state index >= 15 is 0 Å². The first-order valence-corrected chi connectivity index (χ1v) is 16.0. The predicted octanol–water partition coefficient (Wildman–Crippen LogP) is 5.88. The molecule has 144 valence electrons. The van der Waals surface area contributed by atoms with Crippen molar-refractivity contribution in [3.63, 3.8) is 0 Å². The molecule has 1 aliphatic rings. The van der Waals surface area contributed by atoms with Gasteiger partial charge in [-0.05, 0) is 43.2 Å². The molecule has 0 N–H and O–H groups in total. The van der Waals surface area contributed by atoms with E-state index in [0.717, 1.165) is 13.2 Å². The molecule has 0 aromatic carbocycles. The van der Waals surface area contributed by atoms with Gasteiger partial charge in [-0.2, -0.15) is 0 Å². The maximum absolute atomic E-state index is 6.70. The van der Waals surface area contributed by atoms with E-state index in [1.165, 1.54) is 0 Å². The van der Waals surface area contributed by atoms with E-state index in [1.807, 2.05) is 11.8 Å². The van der Waals surface area contributed by atoms with Crippen LogP contribution in [0, 0.1) is 0 Å². The van der Waals surface area contributed by atoms with Crippen LogP contribution in [0.25, 0.3) is 0 Å². The summed E-state index contributed by atoms with van der Waals surface area (Å²) in [6.45, 7) is 26.6. The average Bonchev–Trinajstić information content (AvgIpc) is 2.36. The van der Waals surface area contributed by atoms with Crippen molar-refractivity contribution < 1.29 is 13.6 Å². The predicted molar refractivity (Wildman–Crippen MR) is 112 cm³/mol. The van der Waals surface area contributed by atoms with E-state index in [0.29, 0.717) is 5.25 Å². The van der Waals surface area contributed by atoms with Crippen LogP contribution in [0.5, 0.6) is 0 Å². The van der Waals surface area contributed by atoms with Crippen molar-refractivity contribution in [1.82, 2.24) is 0 Å². The summed E-state index contributed by atoms with van der Waals surface area (Å²) in [6.07, 6.45) is 0.167. The fraction of sp³-hybridized carbons (Fsp3) is 1.00. The van der Waals surface area contributed by atoms with Gasteiger partial charge in [-0.3, -0.25) is 0 Å². The highest BCUT2D eigenvalue weighted by Gasteiger charge is 2.50. The highest BCUT2D eigenvalue weighted by molar-refractivity contribution is 8.02. The zero-order valence-electron chi connectivity index (χ0n) is 17.8. The molecule has 6 heteroatoms. The minimum absolute atomic E-state index is 0.164. The molecule has 1 aliphatic heterocycles. The SMILES string of the molecule is CCO[C@@H]1S[C@H](CO[Si](C)(C)C(C)(C)C)[C@H]1O[Si](C)(C)C(C)(C)C. The number of thioether (sulfide) groups is 1. The lowest BCUT2D eigenvalue weighted by atomic mass is 10.2. The molecule has 1 rings (SSSR count). The molecule has 0 aliphatic carbocycles. The lowest BCUT2D eigenvalue weighted by Gasteiger charge is -2.50. The first-order chi connectivity index (χ1) is 10.6. The van der Waals surface area contributed by atoms with Crippen LogP contribution in [0.2, 0.25) is 36.3 Å². The van der Waals surface area contributed by atoms with Crippen LogP contribution in [-0.2, 0) is 13.6 Å². The maximum atomic E-state index is 6.70. The first kappa shape index (κ1) is 22.7. The van der Waals surface area contributed by atoms with Gasteiger partial charge >= 0.3 is 0 Å². The van der Waals surface area contributed by atoms with Gasteiger partial charge in [-0.1, -0.05) is 41.5 Å². The normalized spacial score (nSPS) is 26.4. The second-order valence-corrected chi connectivity index (χ2v) is 20.8. The summed E-state index contributed by atoms with van der Waals surface area (Å²) >= 11 is 1.88. The standard InChI is InChI=1S/C18H40O3SSi2/c1-12-19-16-15(21-24(10,11)18(5,6)7)14(22-16)13-20-23(8,9)17(2,3)4/h14-16H,12-13H2,1-11H3/t14-,15-,16-/m1/s1. The Morgan fingerprint density at radius 2 is 1.38 bits per heavy atom. The largest absolute Gasteiger partial charge is 0.416 e. The number of hydrogen-bond donors (Lipinski definition) is 0. The Morgan fingerprint density at radius 3 is 1.79 bits per heavy atom. The molecule has 3 nitrogen and oxygen atoms in total. The molecule has 1 fully saturated rings. The van der Waals surface area contributed by atoms with Gasteiger partial charge in [0, 0.05) is 13.2 Å². The van der Waals surface area contributed by atoms with Crippen LogP contribution >= 0.6 is 11.8 Å². The van der Waals surface area contributed by atoms with Gasteiger partial charge in [0.1, 0.15) is 5.44 Å². The molecule has 0 unspecified atom stereocenters. The van der Waals surface area contributed by atoms with Gasteiger partial charge < -0.3 is 13.6 Å². The quantitative estimate of drug-likeness (QED) is 0.506. The summed E-state index contributed by atoms with van der Waals surface area (Å²) in [5, 5.41) is 0.857. The molecule has 1 heterocycles. The maximum Gasteiger partial charge on any atom is 0.192 e. The van der Waals surface area contributed by atoms with E-state index in [4.69, 9.17) is 13.6 Å². The van der Waals surface area contributed by atoms with Gasteiger partial charge in [-0.15, -0.1) is 11.8 Å². The van der Waals surface area contributed by atoms with E-state index in [-0.39, 0.29) is 21.6 Å². The van der Waals surface area contributed by atoms with Crippen molar-refractivity contribution in [2.24, 2.45) is 0 Å². The van der Waals surface area contributed by atoms with Crippen LogP contribution < -0.4 is 0 Å². The third-order valence-electron chi connectivity index (χ3n) is 5.93. The molecular formula is C18H40O3SSi2. The van der Waals surface area contributed by atoms with E-state index in [1.54, 1.807) is 0 Å². The molecule has 0 saturated carbocycles.